The van der Waals surface area contributed by atoms with Gasteiger partial charge in [-0.25, -0.2) is 0 Å². The summed E-state index contributed by atoms with van der Waals surface area (Å²) in [5.74, 6) is 2.70. The van der Waals surface area contributed by atoms with Crippen LogP contribution in [0.15, 0.2) is 34.9 Å². The Morgan fingerprint density at radius 2 is 1.83 bits per heavy atom. The number of carbonyl (C=O) groups is 1. The van der Waals surface area contributed by atoms with Gasteiger partial charge >= 0.3 is 0 Å². The van der Waals surface area contributed by atoms with Gasteiger partial charge < -0.3 is 28.8 Å². The van der Waals surface area contributed by atoms with Crippen LogP contribution in [0.25, 0.3) is 0 Å². The average Bonchev–Trinajstić information content (AvgIpc) is 3.46. The summed E-state index contributed by atoms with van der Waals surface area (Å²) in [6.45, 7) is 2.82. The predicted octanol–water partition coefficient (Wildman–Crippen LogP) is 1.77. The first-order valence-electron chi connectivity index (χ1n) is 10.1. The molecule has 0 unspecified atom stereocenters. The van der Waals surface area contributed by atoms with Crippen LogP contribution >= 0.6 is 0 Å². The Kier molecular flexibility index (Phi) is 7.41. The molecule has 2 heterocycles. The van der Waals surface area contributed by atoms with Gasteiger partial charge in [0, 0.05) is 19.3 Å². The maximum absolute atomic E-state index is 12.5. The van der Waals surface area contributed by atoms with E-state index in [1.807, 2.05) is 24.3 Å². The number of furan rings is 1. The maximum atomic E-state index is 12.5. The van der Waals surface area contributed by atoms with Crippen LogP contribution in [0.2, 0.25) is 0 Å². The number of aryl methyl sites for hydroxylation is 1. The van der Waals surface area contributed by atoms with Crippen LogP contribution in [0.5, 0.6) is 17.2 Å². The SMILES string of the molecule is COc1cc(CCC(=O)NC[C@H](c2ccco2)[NH+]2CCCC2)cc(OC)c1OC. The van der Waals surface area contributed by atoms with Gasteiger partial charge in [-0.15, -0.1) is 0 Å². The van der Waals surface area contributed by atoms with E-state index in [9.17, 15) is 4.79 Å². The number of hydrogen-bond acceptors (Lipinski definition) is 5. The zero-order valence-electron chi connectivity index (χ0n) is 17.5. The Morgan fingerprint density at radius 3 is 2.38 bits per heavy atom. The number of likely N-dealkylation sites (tertiary alicyclic amines) is 1. The van der Waals surface area contributed by atoms with E-state index in [2.05, 4.69) is 5.32 Å². The molecule has 1 saturated heterocycles. The monoisotopic (exact) mass is 403 g/mol. The van der Waals surface area contributed by atoms with Gasteiger partial charge in [-0.05, 0) is 36.2 Å². The number of quaternary nitrogens is 1. The van der Waals surface area contributed by atoms with Crippen LogP contribution < -0.4 is 24.4 Å². The Hall–Kier alpha value is -2.67. The Bertz CT molecular complexity index is 760. The molecule has 1 amide bonds. The van der Waals surface area contributed by atoms with Gasteiger partial charge in [0.05, 0.1) is 47.2 Å². The molecular formula is C22H31N2O5+. The van der Waals surface area contributed by atoms with Gasteiger partial charge in [-0.1, -0.05) is 0 Å². The second-order valence-corrected chi connectivity index (χ2v) is 7.27. The molecular weight excluding hydrogens is 372 g/mol. The smallest absolute Gasteiger partial charge is 0.220 e. The molecule has 0 radical (unpaired) electrons. The van der Waals surface area contributed by atoms with Gasteiger partial charge in [0.25, 0.3) is 0 Å². The van der Waals surface area contributed by atoms with Crippen molar-refractivity contribution in [3.8, 4) is 17.2 Å². The quantitative estimate of drug-likeness (QED) is 0.633. The number of ether oxygens (including phenoxy) is 3. The van der Waals surface area contributed by atoms with Crippen molar-refractivity contribution in [2.24, 2.45) is 0 Å². The van der Waals surface area contributed by atoms with Crippen LogP contribution in [0.4, 0.5) is 0 Å². The fraction of sp³-hybridized carbons (Fsp3) is 0.500. The molecule has 1 aromatic heterocycles. The highest BCUT2D eigenvalue weighted by Gasteiger charge is 2.29. The highest BCUT2D eigenvalue weighted by molar-refractivity contribution is 5.76. The average molecular weight is 403 g/mol. The molecule has 1 atom stereocenters. The van der Waals surface area contributed by atoms with Crippen LogP contribution in [0.3, 0.4) is 0 Å². The molecule has 1 fully saturated rings. The van der Waals surface area contributed by atoms with Gasteiger partial charge in [-0.2, -0.15) is 0 Å². The number of benzene rings is 1. The number of rotatable bonds is 10. The fourth-order valence-corrected chi connectivity index (χ4v) is 3.96. The molecule has 7 heteroatoms. The summed E-state index contributed by atoms with van der Waals surface area (Å²) < 4.78 is 21.7. The first kappa shape index (κ1) is 21.0. The number of amides is 1. The van der Waals surface area contributed by atoms with E-state index in [1.54, 1.807) is 27.6 Å². The van der Waals surface area contributed by atoms with Crippen molar-refractivity contribution in [2.75, 3.05) is 41.0 Å². The van der Waals surface area contributed by atoms with Crippen LogP contribution in [0.1, 0.15) is 36.6 Å². The van der Waals surface area contributed by atoms with Crippen molar-refractivity contribution >= 4 is 5.91 Å². The highest BCUT2D eigenvalue weighted by Crippen LogP contribution is 2.38. The zero-order chi connectivity index (χ0) is 20.6. The number of hydrogen-bond donors (Lipinski definition) is 2. The fourth-order valence-electron chi connectivity index (χ4n) is 3.96. The van der Waals surface area contributed by atoms with Crippen molar-refractivity contribution in [1.29, 1.82) is 0 Å². The van der Waals surface area contributed by atoms with Crippen molar-refractivity contribution in [2.45, 2.75) is 31.7 Å². The lowest BCUT2D eigenvalue weighted by Gasteiger charge is -2.23. The Morgan fingerprint density at radius 1 is 1.14 bits per heavy atom. The summed E-state index contributed by atoms with van der Waals surface area (Å²) in [4.78, 5) is 14.0. The van der Waals surface area contributed by atoms with E-state index in [0.717, 1.165) is 24.4 Å². The molecule has 1 aliphatic heterocycles. The second-order valence-electron chi connectivity index (χ2n) is 7.27. The topological polar surface area (TPSA) is 74.4 Å². The molecule has 0 bridgehead atoms. The third-order valence-electron chi connectivity index (χ3n) is 5.49. The summed E-state index contributed by atoms with van der Waals surface area (Å²) in [7, 11) is 4.75. The van der Waals surface area contributed by atoms with Gasteiger partial charge in [0.2, 0.25) is 11.7 Å². The molecule has 1 aromatic carbocycles. The molecule has 0 aliphatic carbocycles. The summed E-state index contributed by atoms with van der Waals surface area (Å²) in [6, 6.07) is 7.84. The van der Waals surface area contributed by atoms with E-state index < -0.39 is 0 Å². The maximum Gasteiger partial charge on any atom is 0.220 e. The molecule has 29 heavy (non-hydrogen) atoms. The van der Waals surface area contributed by atoms with Crippen molar-refractivity contribution in [3.05, 3.63) is 41.9 Å². The molecule has 0 spiro atoms. The lowest BCUT2D eigenvalue weighted by atomic mass is 10.1. The molecule has 158 valence electrons. The minimum absolute atomic E-state index is 0.0221. The van der Waals surface area contributed by atoms with E-state index in [-0.39, 0.29) is 11.9 Å². The van der Waals surface area contributed by atoms with Crippen LogP contribution in [-0.2, 0) is 11.2 Å². The lowest BCUT2D eigenvalue weighted by molar-refractivity contribution is -0.919. The minimum atomic E-state index is 0.0221. The summed E-state index contributed by atoms with van der Waals surface area (Å²) in [6.07, 6.45) is 5.12. The van der Waals surface area contributed by atoms with Crippen LogP contribution in [0, 0.1) is 0 Å². The van der Waals surface area contributed by atoms with E-state index in [4.69, 9.17) is 18.6 Å². The van der Waals surface area contributed by atoms with E-state index >= 15 is 0 Å². The number of nitrogens with one attached hydrogen (secondary N) is 2. The number of methoxy groups -OCH3 is 3. The first-order chi connectivity index (χ1) is 14.2. The van der Waals surface area contributed by atoms with E-state index in [0.29, 0.717) is 36.6 Å². The molecule has 1 aliphatic rings. The zero-order valence-corrected chi connectivity index (χ0v) is 17.5. The van der Waals surface area contributed by atoms with Crippen LogP contribution in [-0.4, -0.2) is 46.9 Å². The van der Waals surface area contributed by atoms with Gasteiger partial charge in [-0.3, -0.25) is 4.79 Å². The molecule has 7 nitrogen and oxygen atoms in total. The Labute approximate surface area is 171 Å². The first-order valence-corrected chi connectivity index (χ1v) is 10.1. The van der Waals surface area contributed by atoms with E-state index in [1.165, 1.54) is 17.7 Å². The Balaban J connectivity index is 1.58. The largest absolute Gasteiger partial charge is 0.493 e. The summed E-state index contributed by atoms with van der Waals surface area (Å²) in [5, 5.41) is 3.09. The van der Waals surface area contributed by atoms with Crippen molar-refractivity contribution < 1.29 is 28.3 Å². The molecule has 2 N–H and O–H groups in total. The third kappa shape index (κ3) is 5.23. The summed E-state index contributed by atoms with van der Waals surface area (Å²) >= 11 is 0. The summed E-state index contributed by atoms with van der Waals surface area (Å²) in [5.41, 5.74) is 0.961. The molecule has 2 aromatic rings. The highest BCUT2D eigenvalue weighted by atomic mass is 16.5. The van der Waals surface area contributed by atoms with Crippen molar-refractivity contribution in [1.82, 2.24) is 5.32 Å². The molecule has 3 rings (SSSR count). The van der Waals surface area contributed by atoms with Crippen molar-refractivity contribution in [3.63, 3.8) is 0 Å². The molecule has 0 saturated carbocycles. The second kappa shape index (κ2) is 10.2. The van der Waals surface area contributed by atoms with Gasteiger partial charge in [0.1, 0.15) is 0 Å². The standard InChI is InChI=1S/C22H30N2O5/c1-26-19-13-16(14-20(27-2)22(19)28-3)8-9-21(25)23-15-17(18-7-6-12-29-18)24-10-4-5-11-24/h6-7,12-14,17H,4-5,8-11,15H2,1-3H3,(H,23,25)/p+1/t17-/m1/s1. The number of carbonyl (C=O) groups excluding carboxylic acids is 1. The lowest BCUT2D eigenvalue weighted by Crippen LogP contribution is -3.11. The minimum Gasteiger partial charge on any atom is -0.493 e. The third-order valence-corrected chi connectivity index (χ3v) is 5.49. The predicted molar refractivity (Wildman–Crippen MR) is 109 cm³/mol. The normalized spacial score (nSPS) is 15.1. The van der Waals surface area contributed by atoms with Gasteiger partial charge in [0.15, 0.2) is 23.3 Å².